The summed E-state index contributed by atoms with van der Waals surface area (Å²) in [4.78, 5) is 14.0. The maximum absolute atomic E-state index is 6.30. The normalized spacial score (nSPS) is 23.8. The lowest BCUT2D eigenvalue weighted by atomic mass is 9.89. The molecule has 0 radical (unpaired) electrons. The molecule has 3 aromatic rings. The van der Waals surface area contributed by atoms with Crippen LogP contribution in [0.2, 0.25) is 0 Å². The second-order valence-electron chi connectivity index (χ2n) is 8.83. The molecule has 0 spiro atoms. The summed E-state index contributed by atoms with van der Waals surface area (Å²) in [6.07, 6.45) is 8.63. The Morgan fingerprint density at radius 2 is 1.53 bits per heavy atom. The average Bonchev–Trinajstić information content (AvgIpc) is 3.16. The number of aromatic nitrogens is 3. The van der Waals surface area contributed by atoms with E-state index in [0.717, 1.165) is 27.8 Å². The van der Waals surface area contributed by atoms with E-state index in [0.29, 0.717) is 17.9 Å². The van der Waals surface area contributed by atoms with E-state index in [1.54, 1.807) is 6.33 Å². The Morgan fingerprint density at radius 3 is 2.23 bits per heavy atom. The van der Waals surface area contributed by atoms with Gasteiger partial charge in [0, 0.05) is 55.7 Å². The van der Waals surface area contributed by atoms with Crippen molar-refractivity contribution in [1.82, 2.24) is 24.3 Å². The molecule has 0 bridgehead atoms. The number of benzene rings is 1. The molecule has 0 unspecified atom stereocenters. The molecule has 1 saturated heterocycles. The molecular formula is C23H31N7. The number of rotatable bonds is 3. The highest BCUT2D eigenvalue weighted by Gasteiger charge is 2.29. The lowest BCUT2D eigenvalue weighted by Gasteiger charge is -2.41. The fourth-order valence-corrected chi connectivity index (χ4v) is 5.16. The first-order chi connectivity index (χ1) is 14.6. The number of hydrogen-bond acceptors (Lipinski definition) is 6. The highest BCUT2D eigenvalue weighted by atomic mass is 15.3. The summed E-state index contributed by atoms with van der Waals surface area (Å²) in [6, 6.07) is 9.12. The standard InChI is InChI=1S/C23H31N7/c1-28-10-12-29(13-11-28)18-6-8-19(9-7-18)30-14-20(16-2-4-17(24)5-3-16)21-22(25)26-15-27-23(21)30/h2-5,14-15,18-19H,6-13,24H2,1H3,(H2,25,26,27). The van der Waals surface area contributed by atoms with Gasteiger partial charge in [-0.2, -0.15) is 0 Å². The Bertz CT molecular complexity index is 1010. The summed E-state index contributed by atoms with van der Waals surface area (Å²) in [7, 11) is 2.22. The molecule has 1 aromatic carbocycles. The molecule has 0 atom stereocenters. The van der Waals surface area contributed by atoms with Crippen LogP contribution in [0.5, 0.6) is 0 Å². The minimum Gasteiger partial charge on any atom is -0.399 e. The molecule has 7 heteroatoms. The van der Waals surface area contributed by atoms with Gasteiger partial charge >= 0.3 is 0 Å². The minimum atomic E-state index is 0.452. The van der Waals surface area contributed by atoms with Gasteiger partial charge in [-0.1, -0.05) is 12.1 Å². The Morgan fingerprint density at radius 1 is 0.867 bits per heavy atom. The Labute approximate surface area is 177 Å². The van der Waals surface area contributed by atoms with Crippen LogP contribution in [0.15, 0.2) is 36.8 Å². The first-order valence-corrected chi connectivity index (χ1v) is 11.0. The van der Waals surface area contributed by atoms with Crippen LogP contribution in [-0.2, 0) is 0 Å². The van der Waals surface area contributed by atoms with Crippen LogP contribution in [0.4, 0.5) is 11.5 Å². The molecule has 158 valence electrons. The van der Waals surface area contributed by atoms with Crippen LogP contribution in [0.25, 0.3) is 22.2 Å². The lowest BCUT2D eigenvalue weighted by Crippen LogP contribution is -2.49. The van der Waals surface area contributed by atoms with Gasteiger partial charge < -0.3 is 20.9 Å². The molecule has 1 saturated carbocycles. The number of anilines is 2. The van der Waals surface area contributed by atoms with Crippen molar-refractivity contribution < 1.29 is 0 Å². The summed E-state index contributed by atoms with van der Waals surface area (Å²) in [5.41, 5.74) is 16.1. The fraction of sp³-hybridized carbons (Fsp3) is 0.478. The monoisotopic (exact) mass is 405 g/mol. The quantitative estimate of drug-likeness (QED) is 0.651. The zero-order valence-corrected chi connectivity index (χ0v) is 17.7. The molecule has 4 N–H and O–H groups in total. The molecular weight excluding hydrogens is 374 g/mol. The van der Waals surface area contributed by atoms with E-state index in [-0.39, 0.29) is 0 Å². The zero-order chi connectivity index (χ0) is 20.7. The lowest BCUT2D eigenvalue weighted by molar-refractivity contribution is 0.0828. The van der Waals surface area contributed by atoms with Gasteiger partial charge in [0.1, 0.15) is 17.8 Å². The van der Waals surface area contributed by atoms with Gasteiger partial charge in [-0.3, -0.25) is 4.90 Å². The molecule has 30 heavy (non-hydrogen) atoms. The van der Waals surface area contributed by atoms with E-state index < -0.39 is 0 Å². The van der Waals surface area contributed by atoms with E-state index in [1.165, 1.54) is 51.9 Å². The van der Waals surface area contributed by atoms with Crippen molar-refractivity contribution in [2.24, 2.45) is 0 Å². The van der Waals surface area contributed by atoms with Crippen LogP contribution < -0.4 is 11.5 Å². The van der Waals surface area contributed by atoms with Crippen molar-refractivity contribution in [2.75, 3.05) is 44.7 Å². The summed E-state index contributed by atoms with van der Waals surface area (Å²) in [6.45, 7) is 4.76. The second kappa shape index (κ2) is 7.89. The van der Waals surface area contributed by atoms with Gasteiger partial charge in [-0.15, -0.1) is 0 Å². The highest BCUT2D eigenvalue weighted by Crippen LogP contribution is 2.39. The third-order valence-electron chi connectivity index (χ3n) is 6.97. The van der Waals surface area contributed by atoms with E-state index in [2.05, 4.69) is 37.6 Å². The maximum Gasteiger partial charge on any atom is 0.146 e. The van der Waals surface area contributed by atoms with Gasteiger partial charge in [-0.05, 0) is 50.4 Å². The van der Waals surface area contributed by atoms with E-state index in [9.17, 15) is 0 Å². The van der Waals surface area contributed by atoms with Gasteiger partial charge in [0.05, 0.1) is 5.39 Å². The largest absolute Gasteiger partial charge is 0.399 e. The molecule has 0 amide bonds. The Kier molecular flexibility index (Phi) is 5.08. The first kappa shape index (κ1) is 19.3. The Balaban J connectivity index is 1.41. The fourth-order valence-electron chi connectivity index (χ4n) is 5.16. The van der Waals surface area contributed by atoms with Crippen LogP contribution >= 0.6 is 0 Å². The first-order valence-electron chi connectivity index (χ1n) is 11.0. The smallest absolute Gasteiger partial charge is 0.146 e. The van der Waals surface area contributed by atoms with Crippen LogP contribution in [0, 0.1) is 0 Å². The van der Waals surface area contributed by atoms with E-state index >= 15 is 0 Å². The SMILES string of the molecule is CN1CCN(C2CCC(n3cc(-c4ccc(N)cc4)c4c(N)ncnc43)CC2)CC1. The predicted molar refractivity (Wildman–Crippen MR) is 122 cm³/mol. The maximum atomic E-state index is 6.30. The molecule has 1 aliphatic heterocycles. The van der Waals surface area contributed by atoms with E-state index in [1.807, 2.05) is 24.3 Å². The molecule has 2 aliphatic rings. The summed E-state index contributed by atoms with van der Waals surface area (Å²) in [5, 5.41) is 0.948. The van der Waals surface area contributed by atoms with Crippen molar-refractivity contribution in [3.63, 3.8) is 0 Å². The molecule has 5 rings (SSSR count). The van der Waals surface area contributed by atoms with Gasteiger partial charge in [-0.25, -0.2) is 9.97 Å². The number of piperazine rings is 1. The van der Waals surface area contributed by atoms with E-state index in [4.69, 9.17) is 11.5 Å². The molecule has 3 heterocycles. The van der Waals surface area contributed by atoms with Crippen molar-refractivity contribution in [3.05, 3.63) is 36.8 Å². The third kappa shape index (κ3) is 3.52. The highest BCUT2D eigenvalue weighted by molar-refractivity contribution is 6.00. The number of hydrogen-bond donors (Lipinski definition) is 2. The van der Waals surface area contributed by atoms with Crippen molar-refractivity contribution in [3.8, 4) is 11.1 Å². The Hall–Kier alpha value is -2.64. The van der Waals surface area contributed by atoms with Crippen molar-refractivity contribution in [1.29, 1.82) is 0 Å². The summed E-state index contributed by atoms with van der Waals surface area (Å²) in [5.74, 6) is 0.539. The second-order valence-corrected chi connectivity index (χ2v) is 8.83. The molecule has 7 nitrogen and oxygen atoms in total. The number of fused-ring (bicyclic) bond motifs is 1. The van der Waals surface area contributed by atoms with Crippen molar-refractivity contribution >= 4 is 22.5 Å². The predicted octanol–water partition coefficient (Wildman–Crippen LogP) is 2.99. The van der Waals surface area contributed by atoms with Crippen LogP contribution in [0.3, 0.4) is 0 Å². The zero-order valence-electron chi connectivity index (χ0n) is 17.7. The van der Waals surface area contributed by atoms with Gasteiger partial charge in [0.25, 0.3) is 0 Å². The molecule has 1 aliphatic carbocycles. The topological polar surface area (TPSA) is 89.2 Å². The van der Waals surface area contributed by atoms with Crippen LogP contribution in [-0.4, -0.2) is 63.6 Å². The molecule has 2 fully saturated rings. The van der Waals surface area contributed by atoms with Gasteiger partial charge in [0.15, 0.2) is 0 Å². The number of nitrogen functional groups attached to an aromatic ring is 2. The third-order valence-corrected chi connectivity index (χ3v) is 6.97. The molecule has 2 aromatic heterocycles. The number of nitrogens with two attached hydrogens (primary N) is 2. The number of likely N-dealkylation sites (N-methyl/N-ethyl adjacent to an activating group) is 1. The van der Waals surface area contributed by atoms with Gasteiger partial charge in [0.2, 0.25) is 0 Å². The summed E-state index contributed by atoms with van der Waals surface area (Å²) >= 11 is 0. The summed E-state index contributed by atoms with van der Waals surface area (Å²) < 4.78 is 2.35. The van der Waals surface area contributed by atoms with Crippen LogP contribution in [0.1, 0.15) is 31.7 Å². The number of nitrogens with zero attached hydrogens (tertiary/aromatic N) is 5. The van der Waals surface area contributed by atoms with Crippen molar-refractivity contribution in [2.45, 2.75) is 37.8 Å². The minimum absolute atomic E-state index is 0.452. The average molecular weight is 406 g/mol.